The smallest absolute Gasteiger partial charge is 0.310 e. The number of nitrogens with zero attached hydrogens (tertiary/aromatic N) is 1. The Hall–Kier alpha value is -0.610. The lowest BCUT2D eigenvalue weighted by atomic mass is 9.73. The average Bonchev–Trinajstić information content (AvgIpc) is 2.35. The Morgan fingerprint density at radius 3 is 2.61 bits per heavy atom. The monoisotopic (exact) mass is 255 g/mol. The molecule has 0 aromatic heterocycles. The molecule has 2 fully saturated rings. The molecule has 0 aromatic rings. The van der Waals surface area contributed by atoms with Gasteiger partial charge in [-0.25, -0.2) is 0 Å². The lowest BCUT2D eigenvalue weighted by Crippen LogP contribution is -2.53. The third kappa shape index (κ3) is 2.86. The fourth-order valence-corrected chi connectivity index (χ4v) is 3.25. The van der Waals surface area contributed by atoms with Gasteiger partial charge in [0.15, 0.2) is 0 Å². The van der Waals surface area contributed by atoms with Crippen LogP contribution in [0.2, 0.25) is 0 Å². The normalized spacial score (nSPS) is 33.2. The summed E-state index contributed by atoms with van der Waals surface area (Å²) in [5, 5.41) is 9.61. The number of aliphatic carboxylic acids is 1. The standard InChI is InChI=1S/C14H25NO3/c1-11-9-18-12(2)8-15(11)10-14(13(16)17)6-4-3-5-7-14/h11-12H,3-10H2,1-2H3,(H,16,17). The van der Waals surface area contributed by atoms with Crippen LogP contribution in [0.1, 0.15) is 46.0 Å². The van der Waals surface area contributed by atoms with E-state index in [0.717, 1.165) is 38.8 Å². The molecule has 0 radical (unpaired) electrons. The highest BCUT2D eigenvalue weighted by Gasteiger charge is 2.42. The predicted octanol–water partition coefficient (Wildman–Crippen LogP) is 2.13. The van der Waals surface area contributed by atoms with Crippen molar-refractivity contribution in [2.24, 2.45) is 5.41 Å². The molecule has 4 heteroatoms. The minimum Gasteiger partial charge on any atom is -0.481 e. The maximum absolute atomic E-state index is 11.7. The molecule has 1 saturated carbocycles. The van der Waals surface area contributed by atoms with Crippen LogP contribution in [0.5, 0.6) is 0 Å². The number of carboxylic acid groups (broad SMARTS) is 1. The van der Waals surface area contributed by atoms with E-state index < -0.39 is 11.4 Å². The summed E-state index contributed by atoms with van der Waals surface area (Å²) in [7, 11) is 0. The largest absolute Gasteiger partial charge is 0.481 e. The van der Waals surface area contributed by atoms with Gasteiger partial charge in [-0.2, -0.15) is 0 Å². The molecule has 1 aliphatic heterocycles. The van der Waals surface area contributed by atoms with Gasteiger partial charge in [0.2, 0.25) is 0 Å². The summed E-state index contributed by atoms with van der Waals surface area (Å²) in [5.74, 6) is -0.603. The zero-order valence-electron chi connectivity index (χ0n) is 11.5. The van der Waals surface area contributed by atoms with Gasteiger partial charge >= 0.3 is 5.97 Å². The van der Waals surface area contributed by atoms with Gasteiger partial charge in [0.05, 0.1) is 18.1 Å². The third-order valence-electron chi connectivity index (χ3n) is 4.51. The SMILES string of the molecule is CC1CN(CC2(C(=O)O)CCCCC2)C(C)CO1. The number of morpholine rings is 1. The van der Waals surface area contributed by atoms with Gasteiger partial charge in [-0.1, -0.05) is 19.3 Å². The van der Waals surface area contributed by atoms with Gasteiger partial charge in [-0.15, -0.1) is 0 Å². The first-order valence-electron chi connectivity index (χ1n) is 7.12. The first kappa shape index (κ1) is 13.8. The van der Waals surface area contributed by atoms with Crippen LogP contribution in [0.15, 0.2) is 0 Å². The molecule has 2 atom stereocenters. The number of ether oxygens (including phenoxy) is 1. The van der Waals surface area contributed by atoms with Gasteiger partial charge < -0.3 is 9.84 Å². The fourth-order valence-electron chi connectivity index (χ4n) is 3.25. The Balaban J connectivity index is 2.05. The predicted molar refractivity (Wildman–Crippen MR) is 69.6 cm³/mol. The van der Waals surface area contributed by atoms with Gasteiger partial charge in [-0.3, -0.25) is 9.69 Å². The molecule has 1 N–H and O–H groups in total. The van der Waals surface area contributed by atoms with E-state index in [0.29, 0.717) is 12.6 Å². The Labute approximate surface area is 109 Å². The van der Waals surface area contributed by atoms with Crippen molar-refractivity contribution >= 4 is 5.97 Å². The van der Waals surface area contributed by atoms with Crippen molar-refractivity contribution in [3.05, 3.63) is 0 Å². The molecule has 18 heavy (non-hydrogen) atoms. The summed E-state index contributed by atoms with van der Waals surface area (Å²) in [4.78, 5) is 14.0. The number of carboxylic acids is 1. The summed E-state index contributed by atoms with van der Waals surface area (Å²) in [6.45, 7) is 6.46. The second-order valence-electron chi connectivity index (χ2n) is 6.07. The number of hydrogen-bond acceptors (Lipinski definition) is 3. The maximum Gasteiger partial charge on any atom is 0.310 e. The molecule has 4 nitrogen and oxygen atoms in total. The third-order valence-corrected chi connectivity index (χ3v) is 4.51. The quantitative estimate of drug-likeness (QED) is 0.839. The van der Waals surface area contributed by atoms with Crippen molar-refractivity contribution in [3.63, 3.8) is 0 Å². The van der Waals surface area contributed by atoms with E-state index in [1.165, 1.54) is 6.42 Å². The summed E-state index contributed by atoms with van der Waals surface area (Å²) < 4.78 is 5.61. The topological polar surface area (TPSA) is 49.8 Å². The number of rotatable bonds is 3. The van der Waals surface area contributed by atoms with Gasteiger partial charge in [0.1, 0.15) is 0 Å². The van der Waals surface area contributed by atoms with Crippen LogP contribution in [-0.4, -0.2) is 47.8 Å². The second-order valence-corrected chi connectivity index (χ2v) is 6.07. The molecule has 1 aliphatic carbocycles. The Kier molecular flexibility index (Phi) is 4.28. The van der Waals surface area contributed by atoms with Crippen LogP contribution in [0.4, 0.5) is 0 Å². The van der Waals surface area contributed by atoms with E-state index >= 15 is 0 Å². The summed E-state index contributed by atoms with van der Waals surface area (Å²) >= 11 is 0. The minimum absolute atomic E-state index is 0.218. The highest BCUT2D eigenvalue weighted by Crippen LogP contribution is 2.38. The molecule has 0 bridgehead atoms. The van der Waals surface area contributed by atoms with Crippen molar-refractivity contribution in [1.82, 2.24) is 4.90 Å². The molecule has 0 aromatic carbocycles. The van der Waals surface area contributed by atoms with Crippen molar-refractivity contribution < 1.29 is 14.6 Å². The van der Waals surface area contributed by atoms with E-state index in [4.69, 9.17) is 4.74 Å². The molecule has 104 valence electrons. The summed E-state index contributed by atoms with van der Waals surface area (Å²) in [6.07, 6.45) is 5.18. The average molecular weight is 255 g/mol. The zero-order chi connectivity index (χ0) is 13.2. The van der Waals surface area contributed by atoms with Gasteiger partial charge in [-0.05, 0) is 26.7 Å². The number of carbonyl (C=O) groups is 1. The van der Waals surface area contributed by atoms with Crippen molar-refractivity contribution in [2.75, 3.05) is 19.7 Å². The highest BCUT2D eigenvalue weighted by molar-refractivity contribution is 5.75. The summed E-state index contributed by atoms with van der Waals surface area (Å²) in [5.41, 5.74) is -0.510. The van der Waals surface area contributed by atoms with E-state index in [9.17, 15) is 9.90 Å². The Morgan fingerprint density at radius 2 is 2.00 bits per heavy atom. The van der Waals surface area contributed by atoms with Gasteiger partial charge in [0, 0.05) is 19.1 Å². The van der Waals surface area contributed by atoms with E-state index in [1.54, 1.807) is 0 Å². The molecular weight excluding hydrogens is 230 g/mol. The van der Waals surface area contributed by atoms with Crippen LogP contribution >= 0.6 is 0 Å². The van der Waals surface area contributed by atoms with Crippen LogP contribution in [0.3, 0.4) is 0 Å². The molecule has 0 amide bonds. The van der Waals surface area contributed by atoms with Crippen LogP contribution < -0.4 is 0 Å². The van der Waals surface area contributed by atoms with Crippen molar-refractivity contribution in [3.8, 4) is 0 Å². The molecule has 1 saturated heterocycles. The van der Waals surface area contributed by atoms with E-state index in [1.807, 2.05) is 0 Å². The second kappa shape index (κ2) is 5.57. The fraction of sp³-hybridized carbons (Fsp3) is 0.929. The van der Waals surface area contributed by atoms with Crippen molar-refractivity contribution in [1.29, 1.82) is 0 Å². The van der Waals surface area contributed by atoms with Crippen LogP contribution in [0, 0.1) is 5.41 Å². The van der Waals surface area contributed by atoms with Crippen molar-refractivity contribution in [2.45, 2.75) is 58.1 Å². The molecule has 0 spiro atoms. The minimum atomic E-state index is -0.603. The lowest BCUT2D eigenvalue weighted by Gasteiger charge is -2.43. The Bertz CT molecular complexity index is 299. The maximum atomic E-state index is 11.7. The zero-order valence-corrected chi connectivity index (χ0v) is 11.5. The van der Waals surface area contributed by atoms with Crippen LogP contribution in [0.25, 0.3) is 0 Å². The molecule has 2 unspecified atom stereocenters. The van der Waals surface area contributed by atoms with E-state index in [-0.39, 0.29) is 6.10 Å². The van der Waals surface area contributed by atoms with Gasteiger partial charge in [0.25, 0.3) is 0 Å². The molecular formula is C14H25NO3. The van der Waals surface area contributed by atoms with E-state index in [2.05, 4.69) is 18.7 Å². The molecule has 2 rings (SSSR count). The first-order chi connectivity index (χ1) is 8.53. The number of hydrogen-bond donors (Lipinski definition) is 1. The first-order valence-corrected chi connectivity index (χ1v) is 7.12. The lowest BCUT2D eigenvalue weighted by molar-refractivity contribution is -0.155. The highest BCUT2D eigenvalue weighted by atomic mass is 16.5. The Morgan fingerprint density at radius 1 is 1.33 bits per heavy atom. The summed E-state index contributed by atoms with van der Waals surface area (Å²) in [6, 6.07) is 0.333. The molecule has 2 aliphatic rings. The molecule has 1 heterocycles. The van der Waals surface area contributed by atoms with Crippen LogP contribution in [-0.2, 0) is 9.53 Å².